The van der Waals surface area contributed by atoms with Crippen LogP contribution in [-0.2, 0) is 0 Å². The van der Waals surface area contributed by atoms with Crippen molar-refractivity contribution in [1.82, 2.24) is 9.80 Å². The van der Waals surface area contributed by atoms with Gasteiger partial charge in [-0.1, -0.05) is 34.6 Å². The van der Waals surface area contributed by atoms with Gasteiger partial charge < -0.3 is 0 Å². The molecule has 2 nitrogen and oxygen atoms in total. The Morgan fingerprint density at radius 1 is 0.704 bits per heavy atom. The molecule has 0 saturated carbocycles. The second kappa shape index (κ2) is 7.98. The van der Waals surface area contributed by atoms with Gasteiger partial charge in [0.05, 0.1) is 0 Å². The minimum Gasteiger partial charge on any atom is -0.298 e. The van der Waals surface area contributed by atoms with Crippen molar-refractivity contribution >= 4 is 0 Å². The Balaban J connectivity index is 1.94. The molecule has 2 heteroatoms. The standard InChI is InChI=1S/C25H50N2/c1-22(2,3)20-13-18-26(19-14-20)25(9,10)16-15-24(7,8)21-12-11-17-27(21)23(4,5)6/h20-21H,11-19H2,1-10H3. The lowest BCUT2D eigenvalue weighted by atomic mass is 9.73. The Labute approximate surface area is 171 Å². The molecular formula is C25H50N2. The fourth-order valence-electron chi connectivity index (χ4n) is 5.69. The van der Waals surface area contributed by atoms with E-state index in [9.17, 15) is 0 Å². The first kappa shape index (κ1) is 23.2. The number of nitrogens with zero attached hydrogens (tertiary/aromatic N) is 2. The highest BCUT2D eigenvalue weighted by Gasteiger charge is 2.43. The topological polar surface area (TPSA) is 6.48 Å². The second-order valence-electron chi connectivity index (χ2n) is 13.0. The molecule has 160 valence electrons. The monoisotopic (exact) mass is 378 g/mol. The average molecular weight is 379 g/mol. The van der Waals surface area contributed by atoms with E-state index in [0.29, 0.717) is 21.9 Å². The summed E-state index contributed by atoms with van der Waals surface area (Å²) in [4.78, 5) is 5.58. The van der Waals surface area contributed by atoms with Gasteiger partial charge in [0.25, 0.3) is 0 Å². The number of piperidine rings is 1. The zero-order valence-corrected chi connectivity index (χ0v) is 20.4. The van der Waals surface area contributed by atoms with Crippen molar-refractivity contribution in [3.8, 4) is 0 Å². The molecule has 2 aliphatic rings. The summed E-state index contributed by atoms with van der Waals surface area (Å²) >= 11 is 0. The van der Waals surface area contributed by atoms with E-state index in [1.54, 1.807) is 0 Å². The third kappa shape index (κ3) is 5.72. The highest BCUT2D eigenvalue weighted by atomic mass is 15.2. The van der Waals surface area contributed by atoms with Gasteiger partial charge in [0, 0.05) is 17.1 Å². The Morgan fingerprint density at radius 2 is 1.26 bits per heavy atom. The van der Waals surface area contributed by atoms with Crippen LogP contribution in [0.3, 0.4) is 0 Å². The molecular weight excluding hydrogens is 328 g/mol. The predicted molar refractivity (Wildman–Crippen MR) is 120 cm³/mol. The summed E-state index contributed by atoms with van der Waals surface area (Å²) in [5.41, 5.74) is 1.48. The molecule has 2 rings (SSSR count). The van der Waals surface area contributed by atoms with Crippen LogP contribution in [-0.4, -0.2) is 46.6 Å². The molecule has 2 aliphatic heterocycles. The molecule has 27 heavy (non-hydrogen) atoms. The van der Waals surface area contributed by atoms with Crippen LogP contribution >= 0.6 is 0 Å². The third-order valence-electron chi connectivity index (χ3n) is 7.97. The van der Waals surface area contributed by atoms with Crippen molar-refractivity contribution in [3.63, 3.8) is 0 Å². The summed E-state index contributed by atoms with van der Waals surface area (Å²) in [6, 6.07) is 0.736. The molecule has 1 atom stereocenters. The lowest BCUT2D eigenvalue weighted by molar-refractivity contribution is 0.0130. The van der Waals surface area contributed by atoms with Gasteiger partial charge in [0.1, 0.15) is 0 Å². The summed E-state index contributed by atoms with van der Waals surface area (Å²) < 4.78 is 0. The van der Waals surface area contributed by atoms with E-state index >= 15 is 0 Å². The van der Waals surface area contributed by atoms with Crippen molar-refractivity contribution in [3.05, 3.63) is 0 Å². The largest absolute Gasteiger partial charge is 0.298 e. The van der Waals surface area contributed by atoms with Gasteiger partial charge in [-0.2, -0.15) is 0 Å². The lowest BCUT2D eigenvalue weighted by Crippen LogP contribution is -2.52. The molecule has 2 saturated heterocycles. The van der Waals surface area contributed by atoms with Gasteiger partial charge >= 0.3 is 0 Å². The number of hydrogen-bond donors (Lipinski definition) is 0. The van der Waals surface area contributed by atoms with Crippen LogP contribution in [0, 0.1) is 16.7 Å². The fourth-order valence-corrected chi connectivity index (χ4v) is 5.69. The summed E-state index contributed by atoms with van der Waals surface area (Å²) in [7, 11) is 0. The molecule has 0 aromatic heterocycles. The molecule has 2 heterocycles. The van der Waals surface area contributed by atoms with Gasteiger partial charge in [-0.25, -0.2) is 0 Å². The van der Waals surface area contributed by atoms with Gasteiger partial charge in [-0.3, -0.25) is 9.80 Å². The Hall–Kier alpha value is -0.0800. The summed E-state index contributed by atoms with van der Waals surface area (Å²) in [5.74, 6) is 0.889. The van der Waals surface area contributed by atoms with Crippen LogP contribution in [0.1, 0.15) is 108 Å². The van der Waals surface area contributed by atoms with Crippen LogP contribution in [0.4, 0.5) is 0 Å². The van der Waals surface area contributed by atoms with E-state index in [1.807, 2.05) is 0 Å². The normalized spacial score (nSPS) is 25.3. The zero-order valence-electron chi connectivity index (χ0n) is 20.4. The van der Waals surface area contributed by atoms with Crippen molar-refractivity contribution in [2.45, 2.75) is 125 Å². The molecule has 0 aromatic rings. The number of rotatable bonds is 5. The fraction of sp³-hybridized carbons (Fsp3) is 1.00. The zero-order chi connectivity index (χ0) is 20.7. The highest BCUT2D eigenvalue weighted by Crippen LogP contribution is 2.42. The quantitative estimate of drug-likeness (QED) is 0.532. The summed E-state index contributed by atoms with van der Waals surface area (Å²) in [5, 5.41) is 0. The van der Waals surface area contributed by atoms with Gasteiger partial charge in [-0.15, -0.1) is 0 Å². The first-order valence-corrected chi connectivity index (χ1v) is 11.7. The van der Waals surface area contributed by atoms with E-state index in [4.69, 9.17) is 0 Å². The SMILES string of the molecule is CC(C)(C)C1CCN(C(C)(C)CCC(C)(C)C2CCCN2C(C)(C)C)CC1. The summed E-state index contributed by atoms with van der Waals surface area (Å²) in [6.45, 7) is 28.3. The van der Waals surface area contributed by atoms with Crippen molar-refractivity contribution < 1.29 is 0 Å². The average Bonchev–Trinajstić information content (AvgIpc) is 3.03. The second-order valence-corrected chi connectivity index (χ2v) is 13.0. The van der Waals surface area contributed by atoms with Crippen LogP contribution in [0.5, 0.6) is 0 Å². The van der Waals surface area contributed by atoms with Gasteiger partial charge in [-0.05, 0) is 110 Å². The molecule has 2 fully saturated rings. The minimum atomic E-state index is 0.294. The van der Waals surface area contributed by atoms with E-state index < -0.39 is 0 Å². The molecule has 0 amide bonds. The maximum absolute atomic E-state index is 2.79. The van der Waals surface area contributed by atoms with Crippen LogP contribution in [0.25, 0.3) is 0 Å². The van der Waals surface area contributed by atoms with E-state index in [2.05, 4.69) is 79.0 Å². The Kier molecular flexibility index (Phi) is 6.85. The lowest BCUT2D eigenvalue weighted by Gasteiger charge is -2.48. The first-order valence-electron chi connectivity index (χ1n) is 11.7. The maximum atomic E-state index is 2.79. The maximum Gasteiger partial charge on any atom is 0.0153 e. The predicted octanol–water partition coefficient (Wildman–Crippen LogP) is 6.59. The molecule has 1 unspecified atom stereocenters. The van der Waals surface area contributed by atoms with Gasteiger partial charge in [0.15, 0.2) is 0 Å². The first-order chi connectivity index (χ1) is 12.1. The van der Waals surface area contributed by atoms with Crippen molar-refractivity contribution in [2.75, 3.05) is 19.6 Å². The molecule has 0 bridgehead atoms. The smallest absolute Gasteiger partial charge is 0.0153 e. The van der Waals surface area contributed by atoms with Crippen molar-refractivity contribution in [2.24, 2.45) is 16.7 Å². The molecule has 0 spiro atoms. The summed E-state index contributed by atoms with van der Waals surface area (Å²) in [6.07, 6.45) is 8.13. The van der Waals surface area contributed by atoms with E-state index in [1.165, 1.54) is 58.2 Å². The Morgan fingerprint density at radius 3 is 1.74 bits per heavy atom. The molecule has 0 aromatic carbocycles. The van der Waals surface area contributed by atoms with E-state index in [0.717, 1.165) is 12.0 Å². The number of hydrogen-bond acceptors (Lipinski definition) is 2. The molecule has 0 N–H and O–H groups in total. The van der Waals surface area contributed by atoms with Crippen LogP contribution < -0.4 is 0 Å². The molecule has 0 aliphatic carbocycles. The Bertz CT molecular complexity index is 470. The molecule has 0 radical (unpaired) electrons. The van der Waals surface area contributed by atoms with Crippen LogP contribution in [0.2, 0.25) is 0 Å². The highest BCUT2D eigenvalue weighted by molar-refractivity contribution is 4.97. The minimum absolute atomic E-state index is 0.294. The van der Waals surface area contributed by atoms with Crippen molar-refractivity contribution in [1.29, 1.82) is 0 Å². The number of likely N-dealkylation sites (tertiary alicyclic amines) is 2. The van der Waals surface area contributed by atoms with Crippen LogP contribution in [0.15, 0.2) is 0 Å². The third-order valence-corrected chi connectivity index (χ3v) is 7.97. The van der Waals surface area contributed by atoms with Gasteiger partial charge in [0.2, 0.25) is 0 Å². The van der Waals surface area contributed by atoms with E-state index in [-0.39, 0.29) is 0 Å².